The lowest BCUT2D eigenvalue weighted by Gasteiger charge is -2.40. The largest absolute Gasteiger partial charge is 0.311 e. The second-order valence-electron chi connectivity index (χ2n) is 5.62. The van der Waals surface area contributed by atoms with Crippen LogP contribution in [0.4, 0.5) is 0 Å². The van der Waals surface area contributed by atoms with Crippen LogP contribution in [0, 0.1) is 5.92 Å². The molecule has 96 valence electrons. The molecule has 0 aromatic rings. The maximum Gasteiger partial charge on any atom is 0.0193 e. The van der Waals surface area contributed by atoms with Crippen LogP contribution < -0.4 is 5.32 Å². The molecule has 2 rings (SSSR count). The highest BCUT2D eigenvalue weighted by Gasteiger charge is 2.25. The summed E-state index contributed by atoms with van der Waals surface area (Å²) in [6.45, 7) is 8.44. The van der Waals surface area contributed by atoms with Crippen molar-refractivity contribution in [2.24, 2.45) is 5.92 Å². The molecule has 0 radical (unpaired) electrons. The topological polar surface area (TPSA) is 15.3 Å². The third-order valence-corrected chi connectivity index (χ3v) is 4.11. The van der Waals surface area contributed by atoms with Crippen molar-refractivity contribution in [2.75, 3.05) is 19.6 Å². The fourth-order valence-corrected chi connectivity index (χ4v) is 3.05. The Hall–Kier alpha value is 0.210. The highest BCUT2D eigenvalue weighted by Crippen LogP contribution is 2.25. The third-order valence-electron chi connectivity index (χ3n) is 4.11. The van der Waals surface area contributed by atoms with Crippen molar-refractivity contribution in [3.05, 3.63) is 0 Å². The molecule has 0 unspecified atom stereocenters. The van der Waals surface area contributed by atoms with Crippen LogP contribution in [0.1, 0.15) is 46.0 Å². The normalized spacial score (nSPS) is 33.4. The number of hydrogen-bond acceptors (Lipinski definition) is 2. The molecule has 0 bridgehead atoms. The minimum absolute atomic E-state index is 0. The lowest BCUT2D eigenvalue weighted by Crippen LogP contribution is -2.55. The minimum atomic E-state index is 0. The van der Waals surface area contributed by atoms with Gasteiger partial charge in [0.05, 0.1) is 0 Å². The highest BCUT2D eigenvalue weighted by atomic mass is 35.5. The summed E-state index contributed by atoms with van der Waals surface area (Å²) in [6, 6.07) is 1.42. The van der Waals surface area contributed by atoms with Gasteiger partial charge in [-0.3, -0.25) is 4.90 Å². The van der Waals surface area contributed by atoms with Gasteiger partial charge in [0.15, 0.2) is 0 Å². The minimum Gasteiger partial charge on any atom is -0.311 e. The van der Waals surface area contributed by atoms with Gasteiger partial charge >= 0.3 is 0 Å². The summed E-state index contributed by atoms with van der Waals surface area (Å²) in [6.07, 6.45) is 7.38. The first-order valence-corrected chi connectivity index (χ1v) is 6.73. The molecule has 2 fully saturated rings. The molecule has 1 heterocycles. The number of halogens is 1. The van der Waals surface area contributed by atoms with Crippen molar-refractivity contribution in [3.63, 3.8) is 0 Å². The van der Waals surface area contributed by atoms with Crippen molar-refractivity contribution >= 4 is 12.4 Å². The Morgan fingerprint density at radius 3 is 2.50 bits per heavy atom. The van der Waals surface area contributed by atoms with Crippen LogP contribution >= 0.6 is 12.4 Å². The van der Waals surface area contributed by atoms with E-state index in [1.54, 1.807) is 0 Å². The number of nitrogens with zero attached hydrogens (tertiary/aromatic N) is 1. The first-order valence-electron chi connectivity index (χ1n) is 6.73. The predicted octanol–water partition coefficient (Wildman–Crippen LogP) is 2.67. The molecule has 1 N–H and O–H groups in total. The van der Waals surface area contributed by atoms with E-state index in [4.69, 9.17) is 0 Å². The van der Waals surface area contributed by atoms with Gasteiger partial charge in [-0.1, -0.05) is 19.3 Å². The second kappa shape index (κ2) is 6.83. The summed E-state index contributed by atoms with van der Waals surface area (Å²) in [7, 11) is 0. The maximum absolute atomic E-state index is 3.56. The fraction of sp³-hybridized carbons (Fsp3) is 1.00. The summed E-state index contributed by atoms with van der Waals surface area (Å²) >= 11 is 0. The SMILES string of the molecule is C[C@@H]1CN(CC2CCCCC2)[C@@H](C)CN1.Cl. The molecule has 2 aliphatic rings. The third kappa shape index (κ3) is 3.90. The number of rotatable bonds is 2. The predicted molar refractivity (Wildman–Crippen MR) is 72.3 cm³/mol. The van der Waals surface area contributed by atoms with E-state index in [2.05, 4.69) is 24.1 Å². The zero-order chi connectivity index (χ0) is 10.7. The number of nitrogens with one attached hydrogen (secondary N) is 1. The quantitative estimate of drug-likeness (QED) is 0.806. The summed E-state index contributed by atoms with van der Waals surface area (Å²) in [5, 5.41) is 3.56. The van der Waals surface area contributed by atoms with Gasteiger partial charge in [0, 0.05) is 31.7 Å². The van der Waals surface area contributed by atoms with E-state index in [0.717, 1.165) is 12.0 Å². The van der Waals surface area contributed by atoms with Crippen molar-refractivity contribution < 1.29 is 0 Å². The smallest absolute Gasteiger partial charge is 0.0193 e. The van der Waals surface area contributed by atoms with Crippen LogP contribution in [0.3, 0.4) is 0 Å². The number of hydrogen-bond donors (Lipinski definition) is 1. The van der Waals surface area contributed by atoms with E-state index in [-0.39, 0.29) is 12.4 Å². The van der Waals surface area contributed by atoms with Gasteiger partial charge < -0.3 is 5.32 Å². The van der Waals surface area contributed by atoms with Gasteiger partial charge in [-0.15, -0.1) is 12.4 Å². The van der Waals surface area contributed by atoms with E-state index in [1.807, 2.05) is 0 Å². The Bertz CT molecular complexity index is 192. The zero-order valence-corrected chi connectivity index (χ0v) is 11.6. The Kier molecular flexibility index (Phi) is 6.09. The molecule has 1 aliphatic carbocycles. The first kappa shape index (κ1) is 14.3. The molecule has 2 nitrogen and oxygen atoms in total. The van der Waals surface area contributed by atoms with Gasteiger partial charge in [-0.05, 0) is 32.6 Å². The van der Waals surface area contributed by atoms with Gasteiger partial charge in [0.25, 0.3) is 0 Å². The lowest BCUT2D eigenvalue weighted by atomic mass is 9.88. The maximum atomic E-state index is 3.56. The standard InChI is InChI=1S/C13H26N2.ClH/c1-11-9-15(12(2)8-14-11)10-13-6-4-3-5-7-13;/h11-14H,3-10H2,1-2H3;1H/t11-,12+;/m1./s1. The summed E-state index contributed by atoms with van der Waals surface area (Å²) < 4.78 is 0. The molecule has 2 atom stereocenters. The molecular weight excluding hydrogens is 220 g/mol. The van der Waals surface area contributed by atoms with Crippen molar-refractivity contribution in [1.29, 1.82) is 0 Å². The van der Waals surface area contributed by atoms with Crippen molar-refractivity contribution in [3.8, 4) is 0 Å². The highest BCUT2D eigenvalue weighted by molar-refractivity contribution is 5.85. The fourth-order valence-electron chi connectivity index (χ4n) is 3.05. The van der Waals surface area contributed by atoms with Crippen LogP contribution in [0.15, 0.2) is 0 Å². The molecule has 0 spiro atoms. The lowest BCUT2D eigenvalue weighted by molar-refractivity contribution is 0.113. The molecular formula is C13H27ClN2. The average Bonchev–Trinajstić information content (AvgIpc) is 2.25. The van der Waals surface area contributed by atoms with Crippen LogP contribution in [0.25, 0.3) is 0 Å². The van der Waals surface area contributed by atoms with Crippen molar-refractivity contribution in [2.45, 2.75) is 58.0 Å². The van der Waals surface area contributed by atoms with Crippen LogP contribution in [0.2, 0.25) is 0 Å². The van der Waals surface area contributed by atoms with Crippen LogP contribution in [0.5, 0.6) is 0 Å². The van der Waals surface area contributed by atoms with Gasteiger partial charge in [-0.2, -0.15) is 0 Å². The Labute approximate surface area is 107 Å². The first-order chi connectivity index (χ1) is 7.25. The Balaban J connectivity index is 0.00000128. The van der Waals surface area contributed by atoms with E-state index in [9.17, 15) is 0 Å². The van der Waals surface area contributed by atoms with Crippen LogP contribution in [-0.4, -0.2) is 36.6 Å². The molecule has 1 saturated carbocycles. The summed E-state index contributed by atoms with van der Waals surface area (Å²) in [5.74, 6) is 0.992. The average molecular weight is 247 g/mol. The van der Waals surface area contributed by atoms with Gasteiger partial charge in [0.1, 0.15) is 0 Å². The molecule has 1 aliphatic heterocycles. The summed E-state index contributed by atoms with van der Waals surface area (Å²) in [5.41, 5.74) is 0. The van der Waals surface area contributed by atoms with E-state index in [0.29, 0.717) is 6.04 Å². The Morgan fingerprint density at radius 2 is 1.81 bits per heavy atom. The Morgan fingerprint density at radius 1 is 1.12 bits per heavy atom. The van der Waals surface area contributed by atoms with Crippen molar-refractivity contribution in [1.82, 2.24) is 10.2 Å². The van der Waals surface area contributed by atoms with Gasteiger partial charge in [0.2, 0.25) is 0 Å². The molecule has 0 aromatic carbocycles. The van der Waals surface area contributed by atoms with E-state index in [1.165, 1.54) is 51.7 Å². The zero-order valence-electron chi connectivity index (χ0n) is 10.7. The molecule has 16 heavy (non-hydrogen) atoms. The number of piperazine rings is 1. The van der Waals surface area contributed by atoms with E-state index >= 15 is 0 Å². The molecule has 0 amide bonds. The van der Waals surface area contributed by atoms with Gasteiger partial charge in [-0.25, -0.2) is 0 Å². The van der Waals surface area contributed by atoms with E-state index < -0.39 is 0 Å². The summed E-state index contributed by atoms with van der Waals surface area (Å²) in [4.78, 5) is 2.71. The monoisotopic (exact) mass is 246 g/mol. The molecule has 3 heteroatoms. The van der Waals surface area contributed by atoms with Crippen LogP contribution in [-0.2, 0) is 0 Å². The molecule has 1 saturated heterocycles. The molecule has 0 aromatic heterocycles. The second-order valence-corrected chi connectivity index (χ2v) is 5.62.